The van der Waals surface area contributed by atoms with Gasteiger partial charge in [0.1, 0.15) is 5.69 Å². The first-order valence-electron chi connectivity index (χ1n) is 20.1. The number of hydrogen-bond donors (Lipinski definition) is 0. The first-order valence-corrected chi connectivity index (χ1v) is 20.1. The maximum Gasteiger partial charge on any atom is 0.165 e. The molecule has 0 aliphatic heterocycles. The average Bonchev–Trinajstić information content (AvgIpc) is 3.79. The van der Waals surface area contributed by atoms with E-state index in [0.717, 1.165) is 63.5 Å². The van der Waals surface area contributed by atoms with E-state index in [1.807, 2.05) is 0 Å². The fourth-order valence-electron chi connectivity index (χ4n) is 9.78. The Morgan fingerprint density at radius 3 is 1.97 bits per heavy atom. The van der Waals surface area contributed by atoms with Gasteiger partial charge in [-0.3, -0.25) is 4.57 Å². The van der Waals surface area contributed by atoms with Crippen LogP contribution in [0.25, 0.3) is 116 Å². The number of nitrogens with zero attached hydrogens (tertiary/aromatic N) is 4. The van der Waals surface area contributed by atoms with Crippen LogP contribution in [-0.4, -0.2) is 19.1 Å². The Hall–Kier alpha value is -7.56. The summed E-state index contributed by atoms with van der Waals surface area (Å²) in [6.07, 6.45) is 6.22. The molecule has 0 unspecified atom stereocenters. The predicted molar refractivity (Wildman–Crippen MR) is 244 cm³/mol. The highest BCUT2D eigenvalue weighted by molar-refractivity contribution is 6.28. The van der Waals surface area contributed by atoms with Crippen LogP contribution in [0.5, 0.6) is 0 Å². The summed E-state index contributed by atoms with van der Waals surface area (Å²) in [5.74, 6) is 0.844. The molecule has 13 rings (SSSR count). The largest absolute Gasteiger partial charge is 0.309 e. The van der Waals surface area contributed by atoms with E-state index in [-0.39, 0.29) is 0 Å². The van der Waals surface area contributed by atoms with Gasteiger partial charge in [0.2, 0.25) is 0 Å². The Bertz CT molecular complexity index is 3750. The number of allylic oxidation sites excluding steroid dienone is 1. The second kappa shape index (κ2) is 12.0. The van der Waals surface area contributed by atoms with E-state index in [9.17, 15) is 0 Å². The van der Waals surface area contributed by atoms with Crippen LogP contribution in [0.2, 0.25) is 0 Å². The lowest BCUT2D eigenvalue weighted by atomic mass is 9.98. The smallest absolute Gasteiger partial charge is 0.165 e. The molecule has 0 saturated carbocycles. The second-order valence-corrected chi connectivity index (χ2v) is 15.7. The highest BCUT2D eigenvalue weighted by Gasteiger charge is 2.24. The average molecular weight is 739 g/mol. The summed E-state index contributed by atoms with van der Waals surface area (Å²) in [4.78, 5) is 11.0. The van der Waals surface area contributed by atoms with E-state index in [1.54, 1.807) is 0 Å². The quantitative estimate of drug-likeness (QED) is 0.169. The van der Waals surface area contributed by atoms with Gasteiger partial charge in [0.15, 0.2) is 5.82 Å². The molecule has 1 aliphatic carbocycles. The monoisotopic (exact) mass is 738 g/mol. The molecule has 58 heavy (non-hydrogen) atoms. The summed E-state index contributed by atoms with van der Waals surface area (Å²) >= 11 is 0. The van der Waals surface area contributed by atoms with Crippen molar-refractivity contribution in [2.24, 2.45) is 0 Å². The summed E-state index contributed by atoms with van der Waals surface area (Å²) in [6.45, 7) is 0. The molecular weight excluding hydrogens is 705 g/mol. The van der Waals surface area contributed by atoms with Crippen molar-refractivity contribution in [1.82, 2.24) is 19.1 Å². The minimum Gasteiger partial charge on any atom is -0.309 e. The molecular formula is C54H34N4. The standard InChI is InChI=1S/C54H34N4/c1-3-14-36-29-38(22-21-33(36)11-1)53-54(56-47-19-9-8-18-46(47)55-53)58-48-20-10-7-17-42(48)44-31-45-51(32-50(44)58)57(39-25-23-34-12-2-4-15-37(34)30-39)49-28-27-41-40-16-6-5-13-35(40)24-26-43(41)52(45)49/h1-7,9-17,19-32H,8,18H2. The van der Waals surface area contributed by atoms with Crippen molar-refractivity contribution in [3.05, 3.63) is 187 Å². The van der Waals surface area contributed by atoms with Gasteiger partial charge < -0.3 is 4.57 Å². The molecule has 0 bridgehead atoms. The minimum atomic E-state index is 0.844. The first kappa shape index (κ1) is 31.6. The number of aryl methyl sites for hydroxylation is 1. The van der Waals surface area contributed by atoms with E-state index in [1.165, 1.54) is 70.2 Å². The molecule has 0 saturated heterocycles. The molecule has 1 aliphatic rings. The Morgan fingerprint density at radius 2 is 1.10 bits per heavy atom. The van der Waals surface area contributed by atoms with Crippen molar-refractivity contribution in [2.45, 2.75) is 12.8 Å². The summed E-state index contributed by atoms with van der Waals surface area (Å²) in [6, 6.07) is 62.3. The minimum absolute atomic E-state index is 0.844. The van der Waals surface area contributed by atoms with Crippen LogP contribution in [0.15, 0.2) is 176 Å². The third-order valence-corrected chi connectivity index (χ3v) is 12.5. The molecule has 4 nitrogen and oxygen atoms in total. The molecule has 12 aromatic rings. The second-order valence-electron chi connectivity index (χ2n) is 15.7. The Morgan fingerprint density at radius 1 is 0.414 bits per heavy atom. The fourth-order valence-corrected chi connectivity index (χ4v) is 9.78. The van der Waals surface area contributed by atoms with Crippen LogP contribution in [0.1, 0.15) is 17.8 Å². The Labute approximate surface area is 333 Å². The van der Waals surface area contributed by atoms with Crippen LogP contribution in [0.3, 0.4) is 0 Å². The first-order chi connectivity index (χ1) is 28.7. The maximum atomic E-state index is 5.53. The molecule has 0 atom stereocenters. The van der Waals surface area contributed by atoms with Gasteiger partial charge in [-0.15, -0.1) is 0 Å². The third-order valence-electron chi connectivity index (χ3n) is 12.5. The van der Waals surface area contributed by atoms with Crippen LogP contribution in [0, 0.1) is 0 Å². The van der Waals surface area contributed by atoms with E-state index in [4.69, 9.17) is 9.97 Å². The Kier molecular flexibility index (Phi) is 6.53. The van der Waals surface area contributed by atoms with Gasteiger partial charge in [0.05, 0.1) is 33.5 Å². The zero-order valence-electron chi connectivity index (χ0n) is 31.5. The van der Waals surface area contributed by atoms with Crippen molar-refractivity contribution in [1.29, 1.82) is 0 Å². The fraction of sp³-hybridized carbons (Fsp3) is 0.0370. The number of para-hydroxylation sites is 1. The van der Waals surface area contributed by atoms with Gasteiger partial charge in [-0.2, -0.15) is 0 Å². The van der Waals surface area contributed by atoms with Crippen molar-refractivity contribution in [2.75, 3.05) is 0 Å². The summed E-state index contributed by atoms with van der Waals surface area (Å²) in [5.41, 5.74) is 9.65. The summed E-state index contributed by atoms with van der Waals surface area (Å²) in [5, 5.41) is 14.8. The van der Waals surface area contributed by atoms with Gasteiger partial charge in [-0.1, -0.05) is 133 Å². The zero-order valence-corrected chi connectivity index (χ0v) is 31.5. The van der Waals surface area contributed by atoms with Crippen molar-refractivity contribution >= 4 is 92.8 Å². The van der Waals surface area contributed by atoms with Crippen molar-refractivity contribution in [3.63, 3.8) is 0 Å². The number of rotatable bonds is 3. The number of hydrogen-bond acceptors (Lipinski definition) is 2. The molecule has 0 radical (unpaired) electrons. The topological polar surface area (TPSA) is 35.6 Å². The molecule has 0 N–H and O–H groups in total. The van der Waals surface area contributed by atoms with Gasteiger partial charge in [0, 0.05) is 32.8 Å². The number of fused-ring (bicyclic) bond motifs is 13. The lowest BCUT2D eigenvalue weighted by Crippen LogP contribution is -2.09. The van der Waals surface area contributed by atoms with Crippen LogP contribution in [0.4, 0.5) is 0 Å². The van der Waals surface area contributed by atoms with E-state index in [0.29, 0.717) is 0 Å². The van der Waals surface area contributed by atoms with Crippen LogP contribution < -0.4 is 0 Å². The van der Waals surface area contributed by atoms with Gasteiger partial charge in [-0.05, 0) is 104 Å². The SMILES string of the molecule is C1=Cc2nc(-n3c4ccccc4c4cc5c6c7ccc8ccccc8c7ccc6n(-c6ccc7ccccc7c6)c5cc43)c(-c3ccc4ccccc4c3)nc2CC1. The normalized spacial score (nSPS) is 13.0. The van der Waals surface area contributed by atoms with Crippen LogP contribution >= 0.6 is 0 Å². The predicted octanol–water partition coefficient (Wildman–Crippen LogP) is 13.9. The zero-order chi connectivity index (χ0) is 37.9. The molecule has 3 heterocycles. The molecule has 3 aromatic heterocycles. The molecule has 9 aromatic carbocycles. The van der Waals surface area contributed by atoms with Crippen LogP contribution in [-0.2, 0) is 6.42 Å². The maximum absolute atomic E-state index is 5.53. The third kappa shape index (κ3) is 4.51. The van der Waals surface area contributed by atoms with Crippen molar-refractivity contribution in [3.8, 4) is 22.8 Å². The van der Waals surface area contributed by atoms with E-state index in [2.05, 4.69) is 191 Å². The lowest BCUT2D eigenvalue weighted by molar-refractivity contribution is 0.891. The molecule has 0 spiro atoms. The van der Waals surface area contributed by atoms with Gasteiger partial charge in [-0.25, -0.2) is 9.97 Å². The number of benzene rings is 9. The molecule has 270 valence electrons. The summed E-state index contributed by atoms with van der Waals surface area (Å²) < 4.78 is 4.84. The highest BCUT2D eigenvalue weighted by Crippen LogP contribution is 2.44. The van der Waals surface area contributed by atoms with E-state index < -0.39 is 0 Å². The number of aromatic nitrogens is 4. The van der Waals surface area contributed by atoms with E-state index >= 15 is 0 Å². The Balaban J connectivity index is 1.18. The molecule has 0 fully saturated rings. The molecule has 0 amide bonds. The van der Waals surface area contributed by atoms with Crippen molar-refractivity contribution < 1.29 is 0 Å². The highest BCUT2D eigenvalue weighted by atomic mass is 15.1. The van der Waals surface area contributed by atoms with Gasteiger partial charge in [0.25, 0.3) is 0 Å². The summed E-state index contributed by atoms with van der Waals surface area (Å²) in [7, 11) is 0. The molecule has 4 heteroatoms. The lowest BCUT2D eigenvalue weighted by Gasteiger charge is -2.17. The van der Waals surface area contributed by atoms with Gasteiger partial charge >= 0.3 is 0 Å².